The van der Waals surface area contributed by atoms with Gasteiger partial charge in [-0.05, 0) is 63.7 Å². The Morgan fingerprint density at radius 1 is 1.41 bits per heavy atom. The maximum absolute atomic E-state index is 13.3. The van der Waals surface area contributed by atoms with Crippen molar-refractivity contribution in [1.82, 2.24) is 10.3 Å². The minimum Gasteiger partial charge on any atom is -0.409 e. The lowest BCUT2D eigenvalue weighted by molar-refractivity contribution is 0.305. The number of hydrogen-bond donors (Lipinski definition) is 3. The molecule has 146 valence electrons. The van der Waals surface area contributed by atoms with Crippen molar-refractivity contribution in [1.29, 1.82) is 0 Å². The van der Waals surface area contributed by atoms with E-state index in [0.717, 1.165) is 12.8 Å². The number of nitrogens with one attached hydrogen (secondary N) is 2. The zero-order chi connectivity index (χ0) is 19.4. The van der Waals surface area contributed by atoms with Crippen LogP contribution in [0, 0.1) is 5.82 Å². The predicted octanol–water partition coefficient (Wildman–Crippen LogP) is 2.60. The molecule has 3 rings (SSSR count). The minimum absolute atomic E-state index is 0.0668. The fourth-order valence-electron chi connectivity index (χ4n) is 2.38. The van der Waals surface area contributed by atoms with E-state index in [0.29, 0.717) is 18.7 Å². The molecule has 27 heavy (non-hydrogen) atoms. The lowest BCUT2D eigenvalue weighted by Gasteiger charge is -2.08. The van der Waals surface area contributed by atoms with Gasteiger partial charge in [0.2, 0.25) is 11.7 Å². The van der Waals surface area contributed by atoms with Gasteiger partial charge in [0.15, 0.2) is 15.5 Å². The minimum atomic E-state index is -3.02. The van der Waals surface area contributed by atoms with Crippen molar-refractivity contribution in [2.45, 2.75) is 24.5 Å². The molecule has 0 saturated heterocycles. The molecular formula is C15H17BrFN5O4S. The fourth-order valence-corrected chi connectivity index (χ4v) is 4.49. The van der Waals surface area contributed by atoms with E-state index in [1.54, 1.807) is 0 Å². The van der Waals surface area contributed by atoms with Crippen molar-refractivity contribution < 1.29 is 22.6 Å². The molecule has 0 radical (unpaired) electrons. The number of amidine groups is 1. The zero-order valence-electron chi connectivity index (χ0n) is 14.0. The average molecular weight is 462 g/mol. The Morgan fingerprint density at radius 2 is 2.19 bits per heavy atom. The third-order valence-electron chi connectivity index (χ3n) is 3.93. The smallest absolute Gasteiger partial charge is 0.203 e. The SMILES string of the molecule is O=S(=O)(CCCNc1nonc1C(=NO)Nc1ccc(F)c(Br)c1)C1CC1. The standard InChI is InChI=1S/C15H17BrFN5O4S/c16-11-8-9(2-5-12(11)17)19-15(20-23)13-14(22-26-21-13)18-6-1-7-27(24,25)10-3-4-10/h2,5,8,10,23H,1,3-4,6-7H2,(H,18,22)(H,19,20). The highest BCUT2D eigenvalue weighted by atomic mass is 79.9. The molecule has 12 heteroatoms. The fraction of sp³-hybridized carbons (Fsp3) is 0.400. The molecule has 1 saturated carbocycles. The van der Waals surface area contributed by atoms with Crippen LogP contribution in [0.3, 0.4) is 0 Å². The van der Waals surface area contributed by atoms with Gasteiger partial charge in [-0.3, -0.25) is 0 Å². The topological polar surface area (TPSA) is 130 Å². The number of halogens is 2. The average Bonchev–Trinajstić information content (AvgIpc) is 3.40. The number of sulfone groups is 1. The van der Waals surface area contributed by atoms with Crippen molar-refractivity contribution in [2.75, 3.05) is 22.9 Å². The van der Waals surface area contributed by atoms with Crippen LogP contribution in [0.15, 0.2) is 32.5 Å². The first-order chi connectivity index (χ1) is 12.9. The highest BCUT2D eigenvalue weighted by Crippen LogP contribution is 2.29. The van der Waals surface area contributed by atoms with E-state index in [4.69, 9.17) is 0 Å². The third-order valence-corrected chi connectivity index (χ3v) is 6.88. The zero-order valence-corrected chi connectivity index (χ0v) is 16.4. The van der Waals surface area contributed by atoms with Crippen LogP contribution in [0.2, 0.25) is 0 Å². The summed E-state index contributed by atoms with van der Waals surface area (Å²) in [5, 5.41) is 25.3. The van der Waals surface area contributed by atoms with Gasteiger partial charge in [-0.1, -0.05) is 5.16 Å². The highest BCUT2D eigenvalue weighted by Gasteiger charge is 2.34. The van der Waals surface area contributed by atoms with Crippen LogP contribution in [0.1, 0.15) is 25.0 Å². The molecule has 0 aliphatic heterocycles. The van der Waals surface area contributed by atoms with Crippen LogP contribution < -0.4 is 10.6 Å². The monoisotopic (exact) mass is 461 g/mol. The first-order valence-corrected chi connectivity index (χ1v) is 10.6. The number of anilines is 2. The number of hydrogen-bond acceptors (Lipinski definition) is 8. The molecule has 0 bridgehead atoms. The molecule has 1 aromatic heterocycles. The van der Waals surface area contributed by atoms with E-state index in [1.165, 1.54) is 18.2 Å². The number of aromatic nitrogens is 2. The van der Waals surface area contributed by atoms with Crippen LogP contribution in [-0.2, 0) is 9.84 Å². The molecule has 9 nitrogen and oxygen atoms in total. The molecule has 1 aliphatic carbocycles. The second-order valence-electron chi connectivity index (χ2n) is 6.01. The van der Waals surface area contributed by atoms with Gasteiger partial charge < -0.3 is 15.8 Å². The van der Waals surface area contributed by atoms with Crippen molar-refractivity contribution in [3.05, 3.63) is 34.2 Å². The van der Waals surface area contributed by atoms with Crippen molar-refractivity contribution in [3.63, 3.8) is 0 Å². The maximum Gasteiger partial charge on any atom is 0.203 e. The molecular weight excluding hydrogens is 445 g/mol. The Hall–Kier alpha value is -2.21. The Bertz CT molecular complexity index is 945. The molecule has 0 unspecified atom stereocenters. The summed E-state index contributed by atoms with van der Waals surface area (Å²) in [6.07, 6.45) is 1.89. The van der Waals surface area contributed by atoms with Gasteiger partial charge in [0.25, 0.3) is 0 Å². The summed E-state index contributed by atoms with van der Waals surface area (Å²) < 4.78 is 42.0. The Morgan fingerprint density at radius 3 is 2.85 bits per heavy atom. The van der Waals surface area contributed by atoms with E-state index < -0.39 is 15.7 Å². The van der Waals surface area contributed by atoms with Crippen molar-refractivity contribution >= 4 is 43.1 Å². The van der Waals surface area contributed by atoms with Crippen LogP contribution in [0.5, 0.6) is 0 Å². The van der Waals surface area contributed by atoms with E-state index in [1.807, 2.05) is 0 Å². The first kappa shape index (κ1) is 19.5. The highest BCUT2D eigenvalue weighted by molar-refractivity contribution is 9.10. The van der Waals surface area contributed by atoms with E-state index in [9.17, 15) is 18.0 Å². The Balaban J connectivity index is 1.61. The molecule has 1 heterocycles. The first-order valence-electron chi connectivity index (χ1n) is 8.13. The molecule has 0 atom stereocenters. The van der Waals surface area contributed by atoms with Crippen LogP contribution >= 0.6 is 15.9 Å². The lowest BCUT2D eigenvalue weighted by Crippen LogP contribution is -2.18. The molecule has 0 spiro atoms. The van der Waals surface area contributed by atoms with Gasteiger partial charge in [0.05, 0.1) is 15.5 Å². The number of benzene rings is 1. The molecule has 0 amide bonds. The number of rotatable bonds is 8. The second-order valence-corrected chi connectivity index (χ2v) is 9.27. The molecule has 1 aromatic carbocycles. The number of nitrogens with zero attached hydrogens (tertiary/aromatic N) is 3. The van der Waals surface area contributed by atoms with Gasteiger partial charge in [-0.2, -0.15) is 0 Å². The summed E-state index contributed by atoms with van der Waals surface area (Å²) in [5.41, 5.74) is 0.545. The molecule has 1 aliphatic rings. The van der Waals surface area contributed by atoms with E-state index in [-0.39, 0.29) is 32.8 Å². The molecule has 3 N–H and O–H groups in total. The number of oxime groups is 1. The quantitative estimate of drug-likeness (QED) is 0.180. The van der Waals surface area contributed by atoms with Gasteiger partial charge in [0, 0.05) is 12.2 Å². The van der Waals surface area contributed by atoms with Crippen LogP contribution in [0.4, 0.5) is 15.9 Å². The normalized spacial score (nSPS) is 15.0. The van der Waals surface area contributed by atoms with Crippen molar-refractivity contribution in [3.8, 4) is 0 Å². The maximum atomic E-state index is 13.3. The predicted molar refractivity (Wildman–Crippen MR) is 100 cm³/mol. The van der Waals surface area contributed by atoms with Crippen LogP contribution in [0.25, 0.3) is 0 Å². The van der Waals surface area contributed by atoms with Gasteiger partial charge in [-0.15, -0.1) is 0 Å². The van der Waals surface area contributed by atoms with Gasteiger partial charge in [-0.25, -0.2) is 17.4 Å². The Labute approximate surface area is 163 Å². The summed E-state index contributed by atoms with van der Waals surface area (Å²) >= 11 is 3.07. The van der Waals surface area contributed by atoms with Crippen LogP contribution in [-0.4, -0.2) is 47.3 Å². The summed E-state index contributed by atoms with van der Waals surface area (Å²) in [6.45, 7) is 0.327. The summed E-state index contributed by atoms with van der Waals surface area (Å²) in [6, 6.07) is 4.15. The summed E-state index contributed by atoms with van der Waals surface area (Å²) in [4.78, 5) is 0. The largest absolute Gasteiger partial charge is 0.409 e. The Kier molecular flexibility index (Phi) is 5.95. The molecule has 2 aromatic rings. The lowest BCUT2D eigenvalue weighted by atomic mass is 10.3. The van der Waals surface area contributed by atoms with Gasteiger partial charge in [0.1, 0.15) is 5.82 Å². The third kappa shape index (κ3) is 4.95. The second kappa shape index (κ2) is 8.21. The summed E-state index contributed by atoms with van der Waals surface area (Å²) in [7, 11) is -3.02. The van der Waals surface area contributed by atoms with Crippen molar-refractivity contribution in [2.24, 2.45) is 5.16 Å². The molecule has 1 fully saturated rings. The van der Waals surface area contributed by atoms with Gasteiger partial charge >= 0.3 is 0 Å². The van der Waals surface area contributed by atoms with E-state index >= 15 is 0 Å². The summed E-state index contributed by atoms with van der Waals surface area (Å²) in [5.74, 6) is -0.216. The van der Waals surface area contributed by atoms with E-state index in [2.05, 4.69) is 46.7 Å².